The van der Waals surface area contributed by atoms with E-state index >= 15 is 0 Å². The number of carbonyl (C=O) groups is 1. The number of ether oxygens (including phenoxy) is 2. The summed E-state index contributed by atoms with van der Waals surface area (Å²) in [6.07, 6.45) is 0.360. The van der Waals surface area contributed by atoms with Crippen LogP contribution in [0, 0.1) is 17.1 Å². The van der Waals surface area contributed by atoms with E-state index < -0.39 is 17.7 Å². The van der Waals surface area contributed by atoms with Gasteiger partial charge in [-0.2, -0.15) is 5.26 Å². The number of rotatable bonds is 4. The number of allylic oxidation sites excluding steroid dienone is 2. The number of nitrogens with zero attached hydrogens (tertiary/aromatic N) is 1. The van der Waals surface area contributed by atoms with Crippen molar-refractivity contribution in [2.45, 2.75) is 26.2 Å². The Morgan fingerprint density at radius 2 is 2.13 bits per heavy atom. The minimum Gasteiger partial charge on any atom is -0.463 e. The number of esters is 1. The summed E-state index contributed by atoms with van der Waals surface area (Å²) in [5.41, 5.74) is 6.09. The maximum Gasteiger partial charge on any atom is 0.338 e. The van der Waals surface area contributed by atoms with Gasteiger partial charge in [0.2, 0.25) is 5.88 Å². The van der Waals surface area contributed by atoms with Gasteiger partial charge in [-0.3, -0.25) is 0 Å². The van der Waals surface area contributed by atoms with Crippen LogP contribution >= 0.6 is 0 Å². The summed E-state index contributed by atoms with van der Waals surface area (Å²) in [5, 5.41) is 9.41. The van der Waals surface area contributed by atoms with Crippen LogP contribution in [-0.2, 0) is 14.3 Å². The van der Waals surface area contributed by atoms with E-state index in [0.717, 1.165) is 0 Å². The average Bonchev–Trinajstić information content (AvgIpc) is 2.54. The van der Waals surface area contributed by atoms with Crippen molar-refractivity contribution >= 4 is 5.97 Å². The van der Waals surface area contributed by atoms with Crippen molar-refractivity contribution in [3.05, 3.63) is 58.4 Å². The van der Waals surface area contributed by atoms with Crippen LogP contribution in [0.4, 0.5) is 4.39 Å². The van der Waals surface area contributed by atoms with Crippen molar-refractivity contribution < 1.29 is 18.7 Å². The molecule has 23 heavy (non-hydrogen) atoms. The average molecular weight is 316 g/mol. The van der Waals surface area contributed by atoms with E-state index in [9.17, 15) is 14.4 Å². The number of nitrogens with two attached hydrogens (primary N) is 1. The first kappa shape index (κ1) is 16.6. The summed E-state index contributed by atoms with van der Waals surface area (Å²) in [7, 11) is 0. The maximum atomic E-state index is 14.3. The molecule has 2 rings (SSSR count). The summed E-state index contributed by atoms with van der Waals surface area (Å²) < 4.78 is 24.7. The van der Waals surface area contributed by atoms with Crippen molar-refractivity contribution in [2.24, 2.45) is 5.73 Å². The number of halogens is 1. The van der Waals surface area contributed by atoms with Gasteiger partial charge in [0.15, 0.2) is 0 Å². The second kappa shape index (κ2) is 6.97. The van der Waals surface area contributed by atoms with E-state index in [4.69, 9.17) is 15.2 Å². The number of carbonyl (C=O) groups excluding carboxylic acids is 1. The number of hydrogen-bond acceptors (Lipinski definition) is 5. The molecule has 120 valence electrons. The Labute approximate surface area is 133 Å². The van der Waals surface area contributed by atoms with E-state index in [1.54, 1.807) is 19.9 Å². The van der Waals surface area contributed by atoms with Gasteiger partial charge in [0.1, 0.15) is 23.2 Å². The molecule has 0 saturated carbocycles. The molecule has 1 heterocycles. The zero-order valence-corrected chi connectivity index (χ0v) is 12.9. The molecule has 0 aliphatic carbocycles. The van der Waals surface area contributed by atoms with E-state index in [1.807, 2.05) is 6.07 Å². The van der Waals surface area contributed by atoms with Gasteiger partial charge in [0, 0.05) is 12.0 Å². The van der Waals surface area contributed by atoms with Crippen molar-refractivity contribution in [1.29, 1.82) is 5.26 Å². The lowest BCUT2D eigenvalue weighted by Gasteiger charge is -2.27. The predicted molar refractivity (Wildman–Crippen MR) is 81.0 cm³/mol. The molecule has 6 heteroatoms. The normalized spacial score (nSPS) is 17.6. The standard InChI is InChI=1S/C17H17FN2O3/c1-3-13-15(17(21)22-4-2)14(11(9-19)16(20)23-13)10-7-5-6-8-12(10)18/h5-8,14H,3-4,20H2,1-2H3. The summed E-state index contributed by atoms with van der Waals surface area (Å²) in [6.45, 7) is 3.60. The quantitative estimate of drug-likeness (QED) is 0.863. The van der Waals surface area contributed by atoms with E-state index in [-0.39, 0.29) is 35.0 Å². The van der Waals surface area contributed by atoms with Crippen molar-refractivity contribution in [1.82, 2.24) is 0 Å². The third-order valence-electron chi connectivity index (χ3n) is 3.53. The van der Waals surface area contributed by atoms with Gasteiger partial charge in [0.25, 0.3) is 0 Å². The molecule has 1 aliphatic heterocycles. The summed E-state index contributed by atoms with van der Waals surface area (Å²) in [4.78, 5) is 12.4. The second-order valence-electron chi connectivity index (χ2n) is 4.86. The minimum absolute atomic E-state index is 0.00430. The molecule has 0 bridgehead atoms. The van der Waals surface area contributed by atoms with Crippen LogP contribution in [0.5, 0.6) is 0 Å². The van der Waals surface area contributed by atoms with Crippen LogP contribution in [0.2, 0.25) is 0 Å². The Morgan fingerprint density at radius 1 is 1.43 bits per heavy atom. The predicted octanol–water partition coefficient (Wildman–Crippen LogP) is 2.86. The molecule has 0 fully saturated rings. The molecular weight excluding hydrogens is 299 g/mol. The van der Waals surface area contributed by atoms with E-state index in [1.165, 1.54) is 18.2 Å². The van der Waals surface area contributed by atoms with E-state index in [0.29, 0.717) is 6.42 Å². The molecule has 1 unspecified atom stereocenters. The number of nitriles is 1. The number of benzene rings is 1. The van der Waals surface area contributed by atoms with Crippen molar-refractivity contribution in [3.8, 4) is 6.07 Å². The molecule has 5 nitrogen and oxygen atoms in total. The molecule has 1 aliphatic rings. The molecule has 2 N–H and O–H groups in total. The number of hydrogen-bond donors (Lipinski definition) is 1. The largest absolute Gasteiger partial charge is 0.463 e. The Bertz CT molecular complexity index is 732. The zero-order valence-electron chi connectivity index (χ0n) is 12.9. The van der Waals surface area contributed by atoms with Gasteiger partial charge in [-0.1, -0.05) is 25.1 Å². The Kier molecular flexibility index (Phi) is 5.02. The van der Waals surface area contributed by atoms with Gasteiger partial charge in [-0.15, -0.1) is 0 Å². The van der Waals surface area contributed by atoms with Gasteiger partial charge >= 0.3 is 5.97 Å². The van der Waals surface area contributed by atoms with Crippen LogP contribution in [-0.4, -0.2) is 12.6 Å². The molecule has 1 atom stereocenters. The fraction of sp³-hybridized carbons (Fsp3) is 0.294. The van der Waals surface area contributed by atoms with Crippen molar-refractivity contribution in [2.75, 3.05) is 6.61 Å². The lowest BCUT2D eigenvalue weighted by atomic mass is 9.82. The van der Waals surface area contributed by atoms with Crippen LogP contribution < -0.4 is 5.73 Å². The molecule has 0 aromatic heterocycles. The topological polar surface area (TPSA) is 85.3 Å². The molecule has 0 amide bonds. The third kappa shape index (κ3) is 3.04. The lowest BCUT2D eigenvalue weighted by molar-refractivity contribution is -0.139. The van der Waals surface area contributed by atoms with Gasteiger partial charge in [0.05, 0.1) is 18.1 Å². The maximum absolute atomic E-state index is 14.3. The van der Waals surface area contributed by atoms with E-state index in [2.05, 4.69) is 0 Å². The molecule has 1 aromatic carbocycles. The molecular formula is C17H17FN2O3. The van der Waals surface area contributed by atoms with Gasteiger partial charge in [-0.05, 0) is 13.0 Å². The van der Waals surface area contributed by atoms with Gasteiger partial charge in [-0.25, -0.2) is 9.18 Å². The van der Waals surface area contributed by atoms with Crippen LogP contribution in [0.15, 0.2) is 47.1 Å². The third-order valence-corrected chi connectivity index (χ3v) is 3.53. The summed E-state index contributed by atoms with van der Waals surface area (Å²) in [6, 6.07) is 7.87. The summed E-state index contributed by atoms with van der Waals surface area (Å²) >= 11 is 0. The SMILES string of the molecule is CCOC(=O)C1=C(CC)OC(N)=C(C#N)C1c1ccccc1F. The van der Waals surface area contributed by atoms with Gasteiger partial charge < -0.3 is 15.2 Å². The monoisotopic (exact) mass is 316 g/mol. The van der Waals surface area contributed by atoms with Crippen LogP contribution in [0.25, 0.3) is 0 Å². The molecule has 0 radical (unpaired) electrons. The zero-order chi connectivity index (χ0) is 17.0. The highest BCUT2D eigenvalue weighted by atomic mass is 19.1. The summed E-state index contributed by atoms with van der Waals surface area (Å²) in [5.74, 6) is -1.95. The molecule has 1 aromatic rings. The fourth-order valence-electron chi connectivity index (χ4n) is 2.53. The Balaban J connectivity index is 2.69. The molecule has 0 spiro atoms. The first-order valence-electron chi connectivity index (χ1n) is 7.27. The highest BCUT2D eigenvalue weighted by Crippen LogP contribution is 2.41. The minimum atomic E-state index is -0.941. The first-order valence-corrected chi connectivity index (χ1v) is 7.27. The highest BCUT2D eigenvalue weighted by molar-refractivity contribution is 5.92. The highest BCUT2D eigenvalue weighted by Gasteiger charge is 2.38. The van der Waals surface area contributed by atoms with Crippen LogP contribution in [0.3, 0.4) is 0 Å². The fourth-order valence-corrected chi connectivity index (χ4v) is 2.53. The Hall–Kier alpha value is -2.81. The lowest BCUT2D eigenvalue weighted by Crippen LogP contribution is -2.26. The van der Waals surface area contributed by atoms with Crippen LogP contribution in [0.1, 0.15) is 31.7 Å². The first-order chi connectivity index (χ1) is 11.0. The molecule has 0 saturated heterocycles. The smallest absolute Gasteiger partial charge is 0.338 e. The Morgan fingerprint density at radius 3 is 2.70 bits per heavy atom. The second-order valence-corrected chi connectivity index (χ2v) is 4.86. The van der Waals surface area contributed by atoms with Crippen molar-refractivity contribution in [3.63, 3.8) is 0 Å².